The SMILES string of the molecule is NS(=O)(=O)C1CC(F)(F)CCC1=O. The second-order valence-electron chi connectivity index (χ2n) is 3.10. The van der Waals surface area contributed by atoms with Gasteiger partial charge in [0.05, 0.1) is 0 Å². The largest absolute Gasteiger partial charge is 0.298 e. The van der Waals surface area contributed by atoms with Gasteiger partial charge >= 0.3 is 0 Å². The molecule has 0 aliphatic heterocycles. The summed E-state index contributed by atoms with van der Waals surface area (Å²) in [6.07, 6.45) is -1.99. The molecule has 1 aliphatic rings. The number of halogens is 2. The first-order valence-electron chi connectivity index (χ1n) is 3.64. The normalized spacial score (nSPS) is 28.8. The zero-order valence-electron chi connectivity index (χ0n) is 6.66. The van der Waals surface area contributed by atoms with Crippen molar-refractivity contribution in [3.8, 4) is 0 Å². The lowest BCUT2D eigenvalue weighted by Gasteiger charge is -2.26. The van der Waals surface area contributed by atoms with Gasteiger partial charge in [0.1, 0.15) is 5.25 Å². The molecule has 1 fully saturated rings. The van der Waals surface area contributed by atoms with Crippen molar-refractivity contribution in [3.05, 3.63) is 0 Å². The van der Waals surface area contributed by atoms with Gasteiger partial charge in [-0.25, -0.2) is 22.3 Å². The van der Waals surface area contributed by atoms with Gasteiger partial charge in [-0.2, -0.15) is 0 Å². The van der Waals surface area contributed by atoms with Crippen LogP contribution in [0, 0.1) is 0 Å². The maximum atomic E-state index is 12.7. The second-order valence-corrected chi connectivity index (χ2v) is 4.85. The molecule has 1 aliphatic carbocycles. The van der Waals surface area contributed by atoms with Crippen molar-refractivity contribution in [2.75, 3.05) is 0 Å². The van der Waals surface area contributed by atoms with Gasteiger partial charge in [-0.3, -0.25) is 4.79 Å². The van der Waals surface area contributed by atoms with Crippen LogP contribution in [0.4, 0.5) is 8.78 Å². The molecule has 0 aromatic rings. The summed E-state index contributed by atoms with van der Waals surface area (Å²) >= 11 is 0. The van der Waals surface area contributed by atoms with Crippen molar-refractivity contribution >= 4 is 15.8 Å². The Kier molecular flexibility index (Phi) is 2.42. The average molecular weight is 213 g/mol. The molecular formula is C6H9F2NO3S. The lowest BCUT2D eigenvalue weighted by atomic mass is 9.95. The highest BCUT2D eigenvalue weighted by Gasteiger charge is 2.45. The van der Waals surface area contributed by atoms with Crippen LogP contribution < -0.4 is 5.14 Å². The number of primary sulfonamides is 1. The molecule has 0 saturated heterocycles. The van der Waals surface area contributed by atoms with E-state index in [9.17, 15) is 22.0 Å². The topological polar surface area (TPSA) is 77.2 Å². The fourth-order valence-electron chi connectivity index (χ4n) is 1.25. The maximum absolute atomic E-state index is 12.7. The summed E-state index contributed by atoms with van der Waals surface area (Å²) < 4.78 is 46.8. The van der Waals surface area contributed by atoms with E-state index in [0.29, 0.717) is 0 Å². The Hall–Kier alpha value is -0.560. The number of hydrogen-bond donors (Lipinski definition) is 1. The minimum atomic E-state index is -4.18. The van der Waals surface area contributed by atoms with Crippen LogP contribution >= 0.6 is 0 Å². The number of rotatable bonds is 1. The number of alkyl halides is 2. The first-order valence-corrected chi connectivity index (χ1v) is 5.25. The standard InChI is InChI=1S/C6H9F2NO3S/c7-6(8)2-1-4(10)5(3-6)13(9,11)12/h5H,1-3H2,(H2,9,11,12). The number of Topliss-reactive ketones (excluding diaryl/α,β-unsaturated/α-hetero) is 1. The van der Waals surface area contributed by atoms with Crippen LogP contribution in [0.5, 0.6) is 0 Å². The van der Waals surface area contributed by atoms with Crippen molar-refractivity contribution in [2.45, 2.75) is 30.4 Å². The van der Waals surface area contributed by atoms with E-state index >= 15 is 0 Å². The van der Waals surface area contributed by atoms with Gasteiger partial charge in [0.15, 0.2) is 5.78 Å². The summed E-state index contributed by atoms with van der Waals surface area (Å²) in [6, 6.07) is 0. The van der Waals surface area contributed by atoms with Gasteiger partial charge in [-0.1, -0.05) is 0 Å². The molecule has 1 saturated carbocycles. The fraction of sp³-hybridized carbons (Fsp3) is 0.833. The Morgan fingerprint density at radius 2 is 2.00 bits per heavy atom. The highest BCUT2D eigenvalue weighted by Crippen LogP contribution is 2.33. The zero-order valence-corrected chi connectivity index (χ0v) is 7.48. The Labute approximate surface area is 74.2 Å². The summed E-state index contributed by atoms with van der Waals surface area (Å²) in [5, 5.41) is 2.91. The molecule has 1 rings (SSSR count). The number of hydrogen-bond acceptors (Lipinski definition) is 3. The summed E-state index contributed by atoms with van der Waals surface area (Å²) in [6.45, 7) is 0. The van der Waals surface area contributed by atoms with Crippen LogP contribution in [-0.4, -0.2) is 25.4 Å². The van der Waals surface area contributed by atoms with Gasteiger partial charge in [-0.15, -0.1) is 0 Å². The van der Waals surface area contributed by atoms with Gasteiger partial charge in [0, 0.05) is 19.3 Å². The predicted octanol–water partition coefficient (Wildman–Crippen LogP) is 0.0318. The van der Waals surface area contributed by atoms with Crippen LogP contribution in [0.25, 0.3) is 0 Å². The van der Waals surface area contributed by atoms with Gasteiger partial charge in [0.2, 0.25) is 15.9 Å². The monoisotopic (exact) mass is 213 g/mol. The van der Waals surface area contributed by atoms with E-state index in [1.165, 1.54) is 0 Å². The number of carbonyl (C=O) groups excluding carboxylic acids is 1. The molecule has 4 nitrogen and oxygen atoms in total. The number of nitrogens with two attached hydrogens (primary N) is 1. The van der Waals surface area contributed by atoms with E-state index in [0.717, 1.165) is 0 Å². The molecule has 76 valence electrons. The molecule has 0 amide bonds. The van der Waals surface area contributed by atoms with Crippen LogP contribution in [-0.2, 0) is 14.8 Å². The predicted molar refractivity (Wildman–Crippen MR) is 40.7 cm³/mol. The van der Waals surface area contributed by atoms with Crippen LogP contribution in [0.3, 0.4) is 0 Å². The molecule has 2 N–H and O–H groups in total. The van der Waals surface area contributed by atoms with Crippen molar-refractivity contribution < 1.29 is 22.0 Å². The molecule has 1 unspecified atom stereocenters. The fourth-order valence-corrected chi connectivity index (χ4v) is 2.21. The molecule has 7 heteroatoms. The number of ketones is 1. The Morgan fingerprint density at radius 1 is 1.46 bits per heavy atom. The third kappa shape index (κ3) is 2.44. The summed E-state index contributed by atoms with van der Waals surface area (Å²) in [5.41, 5.74) is 0. The van der Waals surface area contributed by atoms with E-state index in [2.05, 4.69) is 5.14 Å². The molecule has 13 heavy (non-hydrogen) atoms. The van der Waals surface area contributed by atoms with Crippen LogP contribution in [0.2, 0.25) is 0 Å². The van der Waals surface area contributed by atoms with Crippen LogP contribution in [0.1, 0.15) is 19.3 Å². The lowest BCUT2D eigenvalue weighted by Crippen LogP contribution is -2.44. The summed E-state index contributed by atoms with van der Waals surface area (Å²) in [7, 11) is -4.18. The molecule has 0 aromatic heterocycles. The van der Waals surface area contributed by atoms with E-state index < -0.39 is 46.2 Å². The second kappa shape index (κ2) is 2.98. The lowest BCUT2D eigenvalue weighted by molar-refractivity contribution is -0.127. The quantitative estimate of drug-likeness (QED) is 0.667. The summed E-state index contributed by atoms with van der Waals surface area (Å²) in [5.74, 6) is -3.81. The van der Waals surface area contributed by atoms with Gasteiger partial charge < -0.3 is 0 Å². The molecule has 0 bridgehead atoms. The molecule has 0 spiro atoms. The number of sulfonamides is 1. The Morgan fingerprint density at radius 3 is 2.38 bits per heavy atom. The summed E-state index contributed by atoms with van der Waals surface area (Å²) in [4.78, 5) is 10.9. The highest BCUT2D eigenvalue weighted by atomic mass is 32.2. The molecule has 0 heterocycles. The number of carbonyl (C=O) groups is 1. The third-order valence-corrected chi connectivity index (χ3v) is 3.20. The average Bonchev–Trinajstić information content (AvgIpc) is 1.92. The van der Waals surface area contributed by atoms with Crippen molar-refractivity contribution in [1.29, 1.82) is 0 Å². The zero-order chi connectivity index (χ0) is 10.3. The molecule has 1 atom stereocenters. The molecule has 0 radical (unpaired) electrons. The van der Waals surface area contributed by atoms with Crippen molar-refractivity contribution in [3.63, 3.8) is 0 Å². The maximum Gasteiger partial charge on any atom is 0.250 e. The van der Waals surface area contributed by atoms with Gasteiger partial charge in [-0.05, 0) is 0 Å². The van der Waals surface area contributed by atoms with E-state index in [1.807, 2.05) is 0 Å². The Bertz CT molecular complexity index is 325. The Balaban J connectivity index is 2.91. The molecule has 0 aromatic carbocycles. The van der Waals surface area contributed by atoms with Crippen molar-refractivity contribution in [1.82, 2.24) is 0 Å². The minimum Gasteiger partial charge on any atom is -0.298 e. The van der Waals surface area contributed by atoms with Crippen molar-refractivity contribution in [2.24, 2.45) is 5.14 Å². The first kappa shape index (κ1) is 10.5. The first-order chi connectivity index (χ1) is 5.72. The smallest absolute Gasteiger partial charge is 0.250 e. The molecular weight excluding hydrogens is 204 g/mol. The van der Waals surface area contributed by atoms with E-state index in [-0.39, 0.29) is 0 Å². The highest BCUT2D eigenvalue weighted by molar-refractivity contribution is 7.90. The minimum absolute atomic E-state index is 0.423. The van der Waals surface area contributed by atoms with E-state index in [4.69, 9.17) is 0 Å². The van der Waals surface area contributed by atoms with E-state index in [1.54, 1.807) is 0 Å². The third-order valence-electron chi connectivity index (χ3n) is 1.98. The van der Waals surface area contributed by atoms with Crippen LogP contribution in [0.15, 0.2) is 0 Å². The van der Waals surface area contributed by atoms with Gasteiger partial charge in [0.25, 0.3) is 0 Å².